The summed E-state index contributed by atoms with van der Waals surface area (Å²) in [5.41, 5.74) is 2.67. The molecule has 7 nitrogen and oxygen atoms in total. The van der Waals surface area contributed by atoms with Crippen molar-refractivity contribution in [1.82, 2.24) is 19.7 Å². The summed E-state index contributed by atoms with van der Waals surface area (Å²) < 4.78 is 8.34. The molecular formula is C25H26BrN5O2. The smallest absolute Gasteiger partial charge is 0.168 e. The van der Waals surface area contributed by atoms with E-state index >= 15 is 0 Å². The third kappa shape index (κ3) is 4.45. The van der Waals surface area contributed by atoms with Gasteiger partial charge in [0.25, 0.3) is 0 Å². The van der Waals surface area contributed by atoms with Crippen LogP contribution in [0.4, 0.5) is 5.82 Å². The van der Waals surface area contributed by atoms with Crippen molar-refractivity contribution in [3.05, 3.63) is 71.1 Å². The zero-order valence-electron chi connectivity index (χ0n) is 18.4. The van der Waals surface area contributed by atoms with Gasteiger partial charge in [-0.25, -0.2) is 14.6 Å². The molecule has 4 aromatic rings. The van der Waals surface area contributed by atoms with Gasteiger partial charge >= 0.3 is 0 Å². The van der Waals surface area contributed by atoms with Crippen LogP contribution in [0.25, 0.3) is 16.7 Å². The number of rotatable bonds is 6. The van der Waals surface area contributed by atoms with Crippen LogP contribution in [0.3, 0.4) is 0 Å². The Morgan fingerprint density at radius 1 is 1.12 bits per heavy atom. The number of anilines is 1. The highest BCUT2D eigenvalue weighted by Gasteiger charge is 2.28. The van der Waals surface area contributed by atoms with E-state index in [9.17, 15) is 5.11 Å². The molecule has 0 radical (unpaired) electrons. The maximum Gasteiger partial charge on any atom is 0.168 e. The van der Waals surface area contributed by atoms with Crippen molar-refractivity contribution in [2.24, 2.45) is 5.92 Å². The standard InChI is InChI=1S/C25H26BrN5O2/c1-2-33-21-8-6-17(7-9-21)23(32)18-10-12-30(13-11-18)24-22-15-29-31(25(22)28-16-27-24)20-5-3-4-19(26)14-20/h3-9,14-16,18,23,32H,2,10-13H2,1H3. The summed E-state index contributed by atoms with van der Waals surface area (Å²) in [7, 11) is 0. The predicted molar refractivity (Wildman–Crippen MR) is 132 cm³/mol. The summed E-state index contributed by atoms with van der Waals surface area (Å²) in [6, 6.07) is 15.8. The van der Waals surface area contributed by atoms with Crippen LogP contribution >= 0.6 is 15.9 Å². The van der Waals surface area contributed by atoms with E-state index in [0.29, 0.717) is 6.61 Å². The molecule has 0 saturated carbocycles. The van der Waals surface area contributed by atoms with Crippen LogP contribution in [0, 0.1) is 5.92 Å². The maximum absolute atomic E-state index is 10.9. The number of hydrogen-bond donors (Lipinski definition) is 1. The van der Waals surface area contributed by atoms with Crippen molar-refractivity contribution in [1.29, 1.82) is 0 Å². The van der Waals surface area contributed by atoms with E-state index in [-0.39, 0.29) is 5.92 Å². The molecule has 0 aliphatic carbocycles. The zero-order valence-corrected chi connectivity index (χ0v) is 20.0. The van der Waals surface area contributed by atoms with Crippen molar-refractivity contribution in [3.8, 4) is 11.4 Å². The molecule has 33 heavy (non-hydrogen) atoms. The number of halogens is 1. The minimum Gasteiger partial charge on any atom is -0.494 e. The first-order valence-corrected chi connectivity index (χ1v) is 12.0. The molecule has 0 spiro atoms. The summed E-state index contributed by atoms with van der Waals surface area (Å²) >= 11 is 3.52. The second-order valence-electron chi connectivity index (χ2n) is 8.24. The summed E-state index contributed by atoms with van der Waals surface area (Å²) in [4.78, 5) is 11.4. The van der Waals surface area contributed by atoms with Crippen LogP contribution in [0.15, 0.2) is 65.5 Å². The molecule has 5 rings (SSSR count). The Hall–Kier alpha value is -2.97. The highest BCUT2D eigenvalue weighted by atomic mass is 79.9. The number of benzene rings is 2. The number of aliphatic hydroxyl groups excluding tert-OH is 1. The van der Waals surface area contributed by atoms with Gasteiger partial charge in [0.05, 0.1) is 30.0 Å². The quantitative estimate of drug-likeness (QED) is 0.398. The summed E-state index contributed by atoms with van der Waals surface area (Å²) in [6.45, 7) is 4.26. The minimum absolute atomic E-state index is 0.209. The number of piperidine rings is 1. The number of aromatic nitrogens is 4. The summed E-state index contributed by atoms with van der Waals surface area (Å²) in [5, 5.41) is 16.5. The summed E-state index contributed by atoms with van der Waals surface area (Å²) in [5.74, 6) is 1.94. The Bertz CT molecular complexity index is 1240. The Labute approximate surface area is 201 Å². The van der Waals surface area contributed by atoms with E-state index in [2.05, 4.69) is 35.9 Å². The molecule has 2 aromatic carbocycles. The van der Waals surface area contributed by atoms with Gasteiger partial charge in [0.2, 0.25) is 0 Å². The number of hydrogen-bond acceptors (Lipinski definition) is 6. The Balaban J connectivity index is 1.31. The second kappa shape index (κ2) is 9.49. The second-order valence-corrected chi connectivity index (χ2v) is 9.16. The number of fused-ring (bicyclic) bond motifs is 1. The van der Waals surface area contributed by atoms with Gasteiger partial charge in [-0.3, -0.25) is 0 Å². The molecule has 1 atom stereocenters. The average Bonchev–Trinajstić information content (AvgIpc) is 3.29. The molecule has 0 bridgehead atoms. The first kappa shape index (κ1) is 21.9. The molecule has 1 fully saturated rings. The van der Waals surface area contributed by atoms with Gasteiger partial charge in [0.15, 0.2) is 5.65 Å². The lowest BCUT2D eigenvalue weighted by molar-refractivity contribution is 0.0928. The van der Waals surface area contributed by atoms with Crippen LogP contribution in [0.1, 0.15) is 31.4 Å². The monoisotopic (exact) mass is 507 g/mol. The molecule has 170 valence electrons. The zero-order chi connectivity index (χ0) is 22.8. The third-order valence-electron chi connectivity index (χ3n) is 6.22. The fourth-order valence-corrected chi connectivity index (χ4v) is 4.89. The maximum atomic E-state index is 10.9. The van der Waals surface area contributed by atoms with Crippen molar-refractivity contribution in [3.63, 3.8) is 0 Å². The highest BCUT2D eigenvalue weighted by Crippen LogP contribution is 2.34. The van der Waals surface area contributed by atoms with Gasteiger partial charge in [-0.15, -0.1) is 0 Å². The normalized spacial score (nSPS) is 15.7. The van der Waals surface area contributed by atoms with Crippen molar-refractivity contribution >= 4 is 32.8 Å². The first-order chi connectivity index (χ1) is 16.1. The van der Waals surface area contributed by atoms with Crippen LogP contribution in [0.5, 0.6) is 5.75 Å². The lowest BCUT2D eigenvalue weighted by atomic mass is 9.87. The van der Waals surface area contributed by atoms with E-state index in [1.807, 2.05) is 66.3 Å². The number of aliphatic hydroxyl groups is 1. The van der Waals surface area contributed by atoms with Gasteiger partial charge in [-0.05, 0) is 61.6 Å². The van der Waals surface area contributed by atoms with Crippen LogP contribution in [-0.2, 0) is 0 Å². The molecular weight excluding hydrogens is 482 g/mol. The lowest BCUT2D eigenvalue weighted by Crippen LogP contribution is -2.36. The molecule has 1 unspecified atom stereocenters. The van der Waals surface area contributed by atoms with Crippen LogP contribution in [-0.4, -0.2) is 44.6 Å². The van der Waals surface area contributed by atoms with Crippen molar-refractivity contribution < 1.29 is 9.84 Å². The Morgan fingerprint density at radius 2 is 1.91 bits per heavy atom. The molecule has 1 aliphatic rings. The topological polar surface area (TPSA) is 76.3 Å². The lowest BCUT2D eigenvalue weighted by Gasteiger charge is -2.35. The Morgan fingerprint density at radius 3 is 2.64 bits per heavy atom. The van der Waals surface area contributed by atoms with Gasteiger partial charge < -0.3 is 14.7 Å². The molecule has 0 amide bonds. The average molecular weight is 508 g/mol. The molecule has 1 saturated heterocycles. The van der Waals surface area contributed by atoms with Crippen molar-refractivity contribution in [2.75, 3.05) is 24.6 Å². The van der Waals surface area contributed by atoms with Crippen LogP contribution < -0.4 is 9.64 Å². The highest BCUT2D eigenvalue weighted by molar-refractivity contribution is 9.10. The SMILES string of the molecule is CCOc1ccc(C(O)C2CCN(c3ncnc4c3cnn4-c3cccc(Br)c3)CC2)cc1. The van der Waals surface area contributed by atoms with E-state index in [1.165, 1.54) is 0 Å². The Kier molecular flexibility index (Phi) is 6.28. The van der Waals surface area contributed by atoms with E-state index in [0.717, 1.165) is 64.3 Å². The summed E-state index contributed by atoms with van der Waals surface area (Å²) in [6.07, 6.45) is 4.74. The fourth-order valence-electron chi connectivity index (χ4n) is 4.51. The largest absolute Gasteiger partial charge is 0.494 e. The van der Waals surface area contributed by atoms with E-state index < -0.39 is 6.10 Å². The van der Waals surface area contributed by atoms with E-state index in [4.69, 9.17) is 4.74 Å². The fraction of sp³-hybridized carbons (Fsp3) is 0.320. The molecule has 2 aromatic heterocycles. The molecule has 1 aliphatic heterocycles. The predicted octanol–water partition coefficient (Wildman–Crippen LogP) is 4.93. The molecule has 8 heteroatoms. The van der Waals surface area contributed by atoms with Crippen molar-refractivity contribution in [2.45, 2.75) is 25.9 Å². The minimum atomic E-state index is -0.479. The number of nitrogens with zero attached hydrogens (tertiary/aromatic N) is 5. The number of ether oxygens (including phenoxy) is 1. The van der Waals surface area contributed by atoms with Gasteiger partial charge in [0, 0.05) is 17.6 Å². The van der Waals surface area contributed by atoms with Gasteiger partial charge in [-0.2, -0.15) is 5.10 Å². The van der Waals surface area contributed by atoms with E-state index in [1.54, 1.807) is 6.33 Å². The van der Waals surface area contributed by atoms with Gasteiger partial charge in [0.1, 0.15) is 17.9 Å². The van der Waals surface area contributed by atoms with Crippen LogP contribution in [0.2, 0.25) is 0 Å². The first-order valence-electron chi connectivity index (χ1n) is 11.2. The van der Waals surface area contributed by atoms with Gasteiger partial charge in [-0.1, -0.05) is 34.1 Å². The molecule has 3 heterocycles. The third-order valence-corrected chi connectivity index (χ3v) is 6.71. The molecule has 1 N–H and O–H groups in total.